The molecule has 0 spiro atoms. The number of carbonyl (C=O) groups excluding carboxylic acids is 1. The van der Waals surface area contributed by atoms with Gasteiger partial charge in [-0.15, -0.1) is 10.2 Å². The predicted molar refractivity (Wildman–Crippen MR) is 69.9 cm³/mol. The van der Waals surface area contributed by atoms with E-state index in [1.54, 1.807) is 25.2 Å². The summed E-state index contributed by atoms with van der Waals surface area (Å²) in [5.41, 5.74) is 1.06. The van der Waals surface area contributed by atoms with E-state index in [-0.39, 0.29) is 6.79 Å². The second-order valence-corrected chi connectivity index (χ2v) is 3.93. The van der Waals surface area contributed by atoms with Crippen molar-refractivity contribution in [2.45, 2.75) is 6.54 Å². The van der Waals surface area contributed by atoms with Crippen molar-refractivity contribution in [3.63, 3.8) is 0 Å². The van der Waals surface area contributed by atoms with E-state index in [9.17, 15) is 4.79 Å². The first kappa shape index (κ1) is 13.9. The Labute approximate surface area is 115 Å². The van der Waals surface area contributed by atoms with E-state index in [4.69, 9.17) is 9.47 Å². The number of benzene rings is 1. The average Bonchev–Trinajstić information content (AvgIpc) is 2.88. The summed E-state index contributed by atoms with van der Waals surface area (Å²) in [6.07, 6.45) is 0. The zero-order chi connectivity index (χ0) is 14.4. The van der Waals surface area contributed by atoms with E-state index in [0.29, 0.717) is 23.6 Å². The van der Waals surface area contributed by atoms with Crippen LogP contribution in [0.15, 0.2) is 24.3 Å². The fourth-order valence-electron chi connectivity index (χ4n) is 1.57. The molecule has 0 amide bonds. The lowest BCUT2D eigenvalue weighted by Gasteiger charge is -2.10. The van der Waals surface area contributed by atoms with Crippen LogP contribution in [0.2, 0.25) is 0 Å². The topological polar surface area (TPSA) is 91.2 Å². The van der Waals surface area contributed by atoms with Crippen LogP contribution in [0.1, 0.15) is 16.2 Å². The van der Waals surface area contributed by atoms with Crippen LogP contribution in [-0.2, 0) is 23.1 Å². The molecule has 0 fully saturated rings. The Bertz CT molecular complexity index is 584. The van der Waals surface area contributed by atoms with Crippen LogP contribution in [0.4, 0.5) is 5.69 Å². The van der Waals surface area contributed by atoms with Crippen molar-refractivity contribution in [1.29, 1.82) is 0 Å². The van der Waals surface area contributed by atoms with E-state index < -0.39 is 5.97 Å². The number of rotatable bonds is 6. The Hall–Kier alpha value is -2.48. The van der Waals surface area contributed by atoms with Gasteiger partial charge in [0.05, 0.1) is 19.2 Å². The van der Waals surface area contributed by atoms with Crippen LogP contribution in [0.25, 0.3) is 0 Å². The highest BCUT2D eigenvalue weighted by molar-refractivity contribution is 5.95. The van der Waals surface area contributed by atoms with E-state index in [2.05, 4.69) is 20.7 Å². The van der Waals surface area contributed by atoms with Gasteiger partial charge in [0.25, 0.3) is 0 Å². The summed E-state index contributed by atoms with van der Waals surface area (Å²) >= 11 is 0. The number of anilines is 1. The van der Waals surface area contributed by atoms with Crippen LogP contribution in [-0.4, -0.2) is 40.1 Å². The first-order chi connectivity index (χ1) is 9.70. The molecule has 1 N–H and O–H groups in total. The standard InChI is InChI=1S/C12H15N5O3/c1-17-15-11(14-16-17)7-13-10-6-4-3-5-9(10)12(18)20-8-19-2/h3-6,13H,7-8H2,1-2H3. The molecule has 0 aliphatic carbocycles. The highest BCUT2D eigenvalue weighted by Gasteiger charge is 2.12. The van der Waals surface area contributed by atoms with Gasteiger partial charge in [-0.1, -0.05) is 12.1 Å². The van der Waals surface area contributed by atoms with E-state index in [0.717, 1.165) is 0 Å². The van der Waals surface area contributed by atoms with E-state index >= 15 is 0 Å². The van der Waals surface area contributed by atoms with E-state index in [1.165, 1.54) is 11.9 Å². The molecular weight excluding hydrogens is 262 g/mol. The third-order valence-corrected chi connectivity index (χ3v) is 2.44. The van der Waals surface area contributed by atoms with E-state index in [1.807, 2.05) is 6.07 Å². The molecule has 0 unspecified atom stereocenters. The number of aryl methyl sites for hydroxylation is 1. The normalized spacial score (nSPS) is 10.3. The van der Waals surface area contributed by atoms with Gasteiger partial charge in [0, 0.05) is 12.8 Å². The quantitative estimate of drug-likeness (QED) is 0.610. The molecule has 0 saturated heterocycles. The molecule has 0 saturated carbocycles. The largest absolute Gasteiger partial charge is 0.435 e. The van der Waals surface area contributed by atoms with Crippen molar-refractivity contribution in [1.82, 2.24) is 20.2 Å². The minimum absolute atomic E-state index is 0.0844. The maximum absolute atomic E-state index is 11.8. The molecular formula is C12H15N5O3. The lowest BCUT2D eigenvalue weighted by atomic mass is 10.2. The smallest absolute Gasteiger partial charge is 0.342 e. The molecule has 0 atom stereocenters. The fourth-order valence-corrected chi connectivity index (χ4v) is 1.57. The molecule has 1 aromatic heterocycles. The molecule has 1 heterocycles. The van der Waals surface area contributed by atoms with Crippen molar-refractivity contribution >= 4 is 11.7 Å². The van der Waals surface area contributed by atoms with Gasteiger partial charge in [-0.3, -0.25) is 0 Å². The fraction of sp³-hybridized carbons (Fsp3) is 0.333. The number of esters is 1. The molecule has 0 bridgehead atoms. The Morgan fingerprint density at radius 1 is 1.40 bits per heavy atom. The number of nitrogens with one attached hydrogen (secondary N) is 1. The van der Waals surface area contributed by atoms with Gasteiger partial charge in [0.1, 0.15) is 0 Å². The maximum Gasteiger partial charge on any atom is 0.342 e. The zero-order valence-corrected chi connectivity index (χ0v) is 11.2. The van der Waals surface area contributed by atoms with Crippen molar-refractivity contribution in [3.05, 3.63) is 35.7 Å². The van der Waals surface area contributed by atoms with Crippen LogP contribution in [0, 0.1) is 0 Å². The highest BCUT2D eigenvalue weighted by Crippen LogP contribution is 2.16. The summed E-state index contributed by atoms with van der Waals surface area (Å²) < 4.78 is 9.64. The number of aromatic nitrogens is 4. The molecule has 2 aromatic rings. The lowest BCUT2D eigenvalue weighted by molar-refractivity contribution is -0.0124. The average molecular weight is 277 g/mol. The number of para-hydroxylation sites is 1. The molecule has 8 heteroatoms. The molecule has 20 heavy (non-hydrogen) atoms. The van der Waals surface area contributed by atoms with Crippen LogP contribution in [0.3, 0.4) is 0 Å². The molecule has 8 nitrogen and oxygen atoms in total. The number of ether oxygens (including phenoxy) is 2. The summed E-state index contributed by atoms with van der Waals surface area (Å²) in [5, 5.41) is 14.7. The Morgan fingerprint density at radius 3 is 2.90 bits per heavy atom. The Balaban J connectivity index is 2.05. The highest BCUT2D eigenvalue weighted by atomic mass is 16.7. The minimum Gasteiger partial charge on any atom is -0.435 e. The number of hydrogen-bond acceptors (Lipinski definition) is 7. The number of tetrazole rings is 1. The van der Waals surface area contributed by atoms with Crippen LogP contribution < -0.4 is 5.32 Å². The Kier molecular flexibility index (Phi) is 4.61. The Morgan fingerprint density at radius 2 is 2.20 bits per heavy atom. The predicted octanol–water partition coefficient (Wildman–Crippen LogP) is 0.583. The summed E-state index contributed by atoms with van der Waals surface area (Å²) in [6, 6.07) is 7.03. The van der Waals surface area contributed by atoms with Crippen molar-refractivity contribution < 1.29 is 14.3 Å². The second kappa shape index (κ2) is 6.62. The van der Waals surface area contributed by atoms with Gasteiger partial charge >= 0.3 is 5.97 Å². The minimum atomic E-state index is -0.456. The molecule has 106 valence electrons. The van der Waals surface area contributed by atoms with Crippen LogP contribution >= 0.6 is 0 Å². The van der Waals surface area contributed by atoms with Gasteiger partial charge in [0.2, 0.25) is 0 Å². The van der Waals surface area contributed by atoms with Gasteiger partial charge in [-0.25, -0.2) is 4.79 Å². The molecule has 0 radical (unpaired) electrons. The van der Waals surface area contributed by atoms with Gasteiger partial charge in [-0.2, -0.15) is 4.80 Å². The third-order valence-electron chi connectivity index (χ3n) is 2.44. The van der Waals surface area contributed by atoms with Gasteiger partial charge < -0.3 is 14.8 Å². The molecule has 0 aliphatic heterocycles. The third kappa shape index (κ3) is 3.51. The number of carbonyl (C=O) groups is 1. The van der Waals surface area contributed by atoms with Gasteiger partial charge in [-0.05, 0) is 17.3 Å². The SMILES string of the molecule is COCOC(=O)c1ccccc1NCc1nnn(C)n1. The number of hydrogen-bond donors (Lipinski definition) is 1. The number of methoxy groups -OCH3 is 1. The van der Waals surface area contributed by atoms with Crippen LogP contribution in [0.5, 0.6) is 0 Å². The van der Waals surface area contributed by atoms with Crippen molar-refractivity contribution in [2.75, 3.05) is 19.2 Å². The first-order valence-corrected chi connectivity index (χ1v) is 5.92. The molecule has 2 rings (SSSR count). The van der Waals surface area contributed by atoms with Crippen molar-refractivity contribution in [3.8, 4) is 0 Å². The van der Waals surface area contributed by atoms with Gasteiger partial charge in [0.15, 0.2) is 12.6 Å². The number of nitrogens with zero attached hydrogens (tertiary/aromatic N) is 4. The molecule has 0 aliphatic rings. The summed E-state index contributed by atoms with van der Waals surface area (Å²) in [7, 11) is 3.14. The summed E-state index contributed by atoms with van der Waals surface area (Å²) in [6.45, 7) is 0.279. The summed E-state index contributed by atoms with van der Waals surface area (Å²) in [5.74, 6) is 0.0783. The maximum atomic E-state index is 11.8. The first-order valence-electron chi connectivity index (χ1n) is 5.92. The molecule has 1 aromatic carbocycles. The van der Waals surface area contributed by atoms with Crippen molar-refractivity contribution in [2.24, 2.45) is 7.05 Å². The summed E-state index contributed by atoms with van der Waals surface area (Å²) in [4.78, 5) is 13.2. The monoisotopic (exact) mass is 277 g/mol. The second-order valence-electron chi connectivity index (χ2n) is 3.93. The zero-order valence-electron chi connectivity index (χ0n) is 11.2. The lowest BCUT2D eigenvalue weighted by Crippen LogP contribution is -2.11.